The van der Waals surface area contributed by atoms with Crippen LogP contribution in [0.5, 0.6) is 0 Å². The first-order valence-corrected chi connectivity index (χ1v) is 9.12. The molecule has 1 aliphatic rings. The van der Waals surface area contributed by atoms with Gasteiger partial charge in [-0.05, 0) is 32.1 Å². The number of fused-ring (bicyclic) bond motifs is 1. The molecule has 0 saturated heterocycles. The minimum absolute atomic E-state index is 0.282. The number of ether oxygens (including phenoxy) is 1. The second kappa shape index (κ2) is 9.61. The summed E-state index contributed by atoms with van der Waals surface area (Å²) in [5.74, 6) is 3.41. The van der Waals surface area contributed by atoms with Crippen molar-refractivity contribution in [2.45, 2.75) is 65.6 Å². The van der Waals surface area contributed by atoms with Crippen molar-refractivity contribution in [2.75, 3.05) is 20.2 Å². The Bertz CT molecular complexity index is 525. The largest absolute Gasteiger partial charge is 0.378 e. The Kier molecular flexibility index (Phi) is 7.49. The molecule has 2 N–H and O–H groups in total. The molecule has 0 aliphatic carbocycles. The Labute approximate surface area is 145 Å². The lowest BCUT2D eigenvalue weighted by Crippen LogP contribution is -2.39. The van der Waals surface area contributed by atoms with Gasteiger partial charge in [-0.1, -0.05) is 13.8 Å². The first-order valence-electron chi connectivity index (χ1n) is 9.12. The van der Waals surface area contributed by atoms with Crippen LogP contribution in [0.2, 0.25) is 0 Å². The predicted molar refractivity (Wildman–Crippen MR) is 96.0 cm³/mol. The molecule has 0 aromatic carbocycles. The van der Waals surface area contributed by atoms with Crippen molar-refractivity contribution in [1.82, 2.24) is 25.4 Å². The molecule has 136 valence electrons. The number of aliphatic imine (C=N–C) groups is 1. The average molecular weight is 336 g/mol. The number of rotatable bonds is 8. The molecule has 0 saturated carbocycles. The van der Waals surface area contributed by atoms with Crippen LogP contribution in [-0.2, 0) is 24.2 Å². The lowest BCUT2D eigenvalue weighted by Gasteiger charge is -2.21. The monoisotopic (exact) mass is 336 g/mol. The van der Waals surface area contributed by atoms with Crippen LogP contribution in [-0.4, -0.2) is 47.0 Å². The first kappa shape index (κ1) is 18.7. The van der Waals surface area contributed by atoms with Gasteiger partial charge in [-0.25, -0.2) is 0 Å². The van der Waals surface area contributed by atoms with E-state index in [9.17, 15) is 0 Å². The van der Waals surface area contributed by atoms with Crippen molar-refractivity contribution in [1.29, 1.82) is 0 Å². The van der Waals surface area contributed by atoms with E-state index in [0.29, 0.717) is 12.5 Å². The summed E-state index contributed by atoms with van der Waals surface area (Å²) >= 11 is 0. The molecule has 24 heavy (non-hydrogen) atoms. The fourth-order valence-corrected chi connectivity index (χ4v) is 3.04. The normalized spacial score (nSPS) is 16.1. The van der Waals surface area contributed by atoms with Gasteiger partial charge in [0.15, 0.2) is 11.8 Å². The van der Waals surface area contributed by atoms with E-state index in [1.54, 1.807) is 7.05 Å². The number of hydrogen-bond acceptors (Lipinski definition) is 4. The molecule has 1 atom stereocenters. The second-order valence-corrected chi connectivity index (χ2v) is 6.52. The summed E-state index contributed by atoms with van der Waals surface area (Å²) in [5, 5.41) is 15.3. The third-order valence-corrected chi connectivity index (χ3v) is 4.42. The topological polar surface area (TPSA) is 76.4 Å². The van der Waals surface area contributed by atoms with Crippen molar-refractivity contribution in [3.8, 4) is 0 Å². The predicted octanol–water partition coefficient (Wildman–Crippen LogP) is 1.73. The smallest absolute Gasteiger partial charge is 0.191 e. The molecule has 1 aromatic rings. The van der Waals surface area contributed by atoms with Crippen LogP contribution in [0.25, 0.3) is 0 Å². The van der Waals surface area contributed by atoms with Gasteiger partial charge in [0.05, 0.1) is 12.6 Å². The molecule has 0 radical (unpaired) electrons. The minimum atomic E-state index is 0.282. The zero-order chi connectivity index (χ0) is 17.4. The van der Waals surface area contributed by atoms with Gasteiger partial charge >= 0.3 is 0 Å². The molecule has 1 aliphatic heterocycles. The Hall–Kier alpha value is -1.63. The van der Waals surface area contributed by atoms with Crippen LogP contribution < -0.4 is 10.6 Å². The van der Waals surface area contributed by atoms with Crippen molar-refractivity contribution in [3.05, 3.63) is 11.6 Å². The molecule has 7 heteroatoms. The highest BCUT2D eigenvalue weighted by atomic mass is 16.5. The number of guanidine groups is 1. The molecular formula is C17H32N6O. The lowest BCUT2D eigenvalue weighted by atomic mass is 10.0. The van der Waals surface area contributed by atoms with Gasteiger partial charge in [0.2, 0.25) is 0 Å². The zero-order valence-electron chi connectivity index (χ0n) is 15.5. The molecular weight excluding hydrogens is 304 g/mol. The van der Waals surface area contributed by atoms with E-state index in [1.807, 2.05) is 6.92 Å². The third kappa shape index (κ3) is 5.19. The highest BCUT2D eigenvalue weighted by Gasteiger charge is 2.16. The molecule has 0 fully saturated rings. The zero-order valence-corrected chi connectivity index (χ0v) is 15.5. The number of hydrogen-bond donors (Lipinski definition) is 2. The van der Waals surface area contributed by atoms with Crippen LogP contribution in [0, 0.1) is 5.92 Å². The van der Waals surface area contributed by atoms with E-state index >= 15 is 0 Å². The van der Waals surface area contributed by atoms with Crippen LogP contribution in [0.15, 0.2) is 4.99 Å². The molecule has 0 spiro atoms. The molecule has 0 bridgehead atoms. The first-order chi connectivity index (χ1) is 11.7. The fourth-order valence-electron chi connectivity index (χ4n) is 3.04. The van der Waals surface area contributed by atoms with Crippen LogP contribution in [0.3, 0.4) is 0 Å². The van der Waals surface area contributed by atoms with E-state index in [-0.39, 0.29) is 6.10 Å². The van der Waals surface area contributed by atoms with Gasteiger partial charge in [-0.3, -0.25) is 4.99 Å². The fraction of sp³-hybridized carbons (Fsp3) is 0.824. The van der Waals surface area contributed by atoms with Gasteiger partial charge < -0.3 is 19.9 Å². The Balaban J connectivity index is 1.77. The third-order valence-electron chi connectivity index (χ3n) is 4.42. The summed E-state index contributed by atoms with van der Waals surface area (Å²) in [4.78, 5) is 4.28. The van der Waals surface area contributed by atoms with Crippen molar-refractivity contribution < 1.29 is 4.74 Å². The summed E-state index contributed by atoms with van der Waals surface area (Å²) in [7, 11) is 1.79. The quantitative estimate of drug-likeness (QED) is 0.558. The van der Waals surface area contributed by atoms with E-state index in [2.05, 4.69) is 44.2 Å². The second-order valence-electron chi connectivity index (χ2n) is 6.52. The Morgan fingerprint density at radius 1 is 1.29 bits per heavy atom. The average Bonchev–Trinajstić information content (AvgIpc) is 3.00. The Morgan fingerprint density at radius 2 is 2.12 bits per heavy atom. The van der Waals surface area contributed by atoms with Crippen LogP contribution in [0.4, 0.5) is 0 Å². The molecule has 7 nitrogen and oxygen atoms in total. The maximum absolute atomic E-state index is 5.78. The molecule has 1 aromatic heterocycles. The van der Waals surface area contributed by atoms with E-state index < -0.39 is 0 Å². The number of nitrogens with zero attached hydrogens (tertiary/aromatic N) is 4. The summed E-state index contributed by atoms with van der Waals surface area (Å²) in [6.45, 7) is 9.70. The standard InChI is InChI=1S/C17H32N6O/c1-5-24-14(13(2)3)9-10-19-17(18-4)20-12-16-22-21-15-8-6-7-11-23(15)16/h13-14H,5-12H2,1-4H3,(H2,18,19,20). The summed E-state index contributed by atoms with van der Waals surface area (Å²) in [6.07, 6.45) is 4.70. The number of aromatic nitrogens is 3. The Morgan fingerprint density at radius 3 is 2.83 bits per heavy atom. The van der Waals surface area contributed by atoms with Gasteiger partial charge in [-0.2, -0.15) is 0 Å². The minimum Gasteiger partial charge on any atom is -0.378 e. The van der Waals surface area contributed by atoms with Crippen LogP contribution >= 0.6 is 0 Å². The van der Waals surface area contributed by atoms with E-state index in [4.69, 9.17) is 4.74 Å². The molecule has 2 rings (SSSR count). The highest BCUT2D eigenvalue weighted by molar-refractivity contribution is 5.79. The summed E-state index contributed by atoms with van der Waals surface area (Å²) in [6, 6.07) is 0. The molecule has 2 heterocycles. The SMILES string of the molecule is CCOC(CCNC(=NC)NCc1nnc2n1CCCC2)C(C)C. The molecule has 0 amide bonds. The summed E-state index contributed by atoms with van der Waals surface area (Å²) in [5.41, 5.74) is 0. The van der Waals surface area contributed by atoms with Crippen molar-refractivity contribution >= 4 is 5.96 Å². The van der Waals surface area contributed by atoms with E-state index in [0.717, 1.165) is 50.1 Å². The lowest BCUT2D eigenvalue weighted by molar-refractivity contribution is 0.0258. The van der Waals surface area contributed by atoms with Crippen LogP contribution in [0.1, 0.15) is 51.7 Å². The molecule has 1 unspecified atom stereocenters. The van der Waals surface area contributed by atoms with Crippen molar-refractivity contribution in [3.63, 3.8) is 0 Å². The maximum Gasteiger partial charge on any atom is 0.191 e. The summed E-state index contributed by atoms with van der Waals surface area (Å²) < 4.78 is 8.01. The van der Waals surface area contributed by atoms with Gasteiger partial charge in [0.1, 0.15) is 5.82 Å². The van der Waals surface area contributed by atoms with E-state index in [1.165, 1.54) is 12.8 Å². The maximum atomic E-state index is 5.78. The number of nitrogens with one attached hydrogen (secondary N) is 2. The highest BCUT2D eigenvalue weighted by Crippen LogP contribution is 2.14. The van der Waals surface area contributed by atoms with Gasteiger partial charge in [-0.15, -0.1) is 10.2 Å². The number of aryl methyl sites for hydroxylation is 1. The van der Waals surface area contributed by atoms with Crippen molar-refractivity contribution in [2.24, 2.45) is 10.9 Å². The van der Waals surface area contributed by atoms with Gasteiger partial charge in [0, 0.05) is 33.2 Å². The van der Waals surface area contributed by atoms with Gasteiger partial charge in [0.25, 0.3) is 0 Å².